The second kappa shape index (κ2) is 3.09. The molecule has 4 heteroatoms. The fraction of sp³-hybridized carbons (Fsp3) is 1.00. The van der Waals surface area contributed by atoms with Gasteiger partial charge in [-0.2, -0.15) is 0 Å². The fourth-order valence-electron chi connectivity index (χ4n) is 1.31. The molecule has 2 rings (SSSR count). The van der Waals surface area contributed by atoms with Gasteiger partial charge in [0.05, 0.1) is 18.2 Å². The average Bonchev–Trinajstić information content (AvgIpc) is 2.59. The largest absolute Gasteiger partial charge is 0.359 e. The average molecular weight is 160 g/mol. The maximum atomic E-state index is 5.44. The molecule has 2 heterocycles. The lowest BCUT2D eigenvalue weighted by molar-refractivity contribution is 0.106. The molecule has 0 aromatic rings. The SMILES string of the molecule is C1CSC(C2CNCO2)N1. The van der Waals surface area contributed by atoms with Gasteiger partial charge in [-0.1, -0.05) is 0 Å². The molecular formula is C6H12N2OS. The predicted molar refractivity (Wildman–Crippen MR) is 42.0 cm³/mol. The molecule has 0 spiro atoms. The number of ether oxygens (including phenoxy) is 1. The third kappa shape index (κ3) is 1.29. The van der Waals surface area contributed by atoms with E-state index in [2.05, 4.69) is 10.6 Å². The van der Waals surface area contributed by atoms with Crippen LogP contribution in [0, 0.1) is 0 Å². The molecule has 0 bridgehead atoms. The maximum absolute atomic E-state index is 5.44. The van der Waals surface area contributed by atoms with Gasteiger partial charge in [0.15, 0.2) is 0 Å². The van der Waals surface area contributed by atoms with Gasteiger partial charge in [-0.05, 0) is 0 Å². The Morgan fingerprint density at radius 2 is 2.50 bits per heavy atom. The van der Waals surface area contributed by atoms with Gasteiger partial charge < -0.3 is 10.1 Å². The highest BCUT2D eigenvalue weighted by atomic mass is 32.2. The number of thioether (sulfide) groups is 1. The number of hydrogen-bond donors (Lipinski definition) is 2. The monoisotopic (exact) mass is 160 g/mol. The summed E-state index contributed by atoms with van der Waals surface area (Å²) in [4.78, 5) is 0. The molecule has 0 aliphatic carbocycles. The molecule has 2 aliphatic heterocycles. The van der Waals surface area contributed by atoms with E-state index in [9.17, 15) is 0 Å². The summed E-state index contributed by atoms with van der Waals surface area (Å²) < 4.78 is 5.44. The van der Waals surface area contributed by atoms with Gasteiger partial charge in [0.25, 0.3) is 0 Å². The maximum Gasteiger partial charge on any atom is 0.0971 e. The number of rotatable bonds is 1. The van der Waals surface area contributed by atoms with Crippen LogP contribution in [0.15, 0.2) is 0 Å². The van der Waals surface area contributed by atoms with Crippen LogP contribution in [0.2, 0.25) is 0 Å². The van der Waals surface area contributed by atoms with Crippen LogP contribution in [0.4, 0.5) is 0 Å². The van der Waals surface area contributed by atoms with E-state index >= 15 is 0 Å². The van der Waals surface area contributed by atoms with Gasteiger partial charge in [-0.15, -0.1) is 11.8 Å². The van der Waals surface area contributed by atoms with Crippen LogP contribution in [-0.4, -0.2) is 37.1 Å². The van der Waals surface area contributed by atoms with Gasteiger partial charge >= 0.3 is 0 Å². The van der Waals surface area contributed by atoms with Crippen molar-refractivity contribution in [3.8, 4) is 0 Å². The Bertz CT molecular complexity index is 96.3. The number of hydrogen-bond acceptors (Lipinski definition) is 4. The quantitative estimate of drug-likeness (QED) is 0.546. The Hall–Kier alpha value is 0.230. The smallest absolute Gasteiger partial charge is 0.0971 e. The Morgan fingerprint density at radius 1 is 1.50 bits per heavy atom. The van der Waals surface area contributed by atoms with Crippen LogP contribution in [0.1, 0.15) is 0 Å². The molecule has 2 N–H and O–H groups in total. The Morgan fingerprint density at radius 3 is 3.10 bits per heavy atom. The molecule has 0 radical (unpaired) electrons. The minimum Gasteiger partial charge on any atom is -0.359 e. The van der Waals surface area contributed by atoms with Gasteiger partial charge in [0.1, 0.15) is 0 Å². The predicted octanol–water partition coefficient (Wildman–Crippen LogP) is -0.405. The van der Waals surface area contributed by atoms with Gasteiger partial charge in [-0.25, -0.2) is 0 Å². The molecule has 10 heavy (non-hydrogen) atoms. The van der Waals surface area contributed by atoms with E-state index in [1.807, 2.05) is 11.8 Å². The normalized spacial score (nSPS) is 40.8. The van der Waals surface area contributed by atoms with E-state index in [4.69, 9.17) is 4.74 Å². The van der Waals surface area contributed by atoms with Crippen molar-refractivity contribution in [2.24, 2.45) is 0 Å². The summed E-state index contributed by atoms with van der Waals surface area (Å²) in [6.45, 7) is 2.86. The summed E-state index contributed by atoms with van der Waals surface area (Å²) in [6, 6.07) is 0. The molecule has 0 saturated carbocycles. The lowest BCUT2D eigenvalue weighted by Crippen LogP contribution is -2.35. The zero-order chi connectivity index (χ0) is 6.81. The van der Waals surface area contributed by atoms with Crippen molar-refractivity contribution in [3.05, 3.63) is 0 Å². The molecule has 0 aromatic heterocycles. The standard InChI is InChI=1S/C6H12N2OS/c1-2-10-6(8-1)5-3-7-4-9-5/h5-8H,1-4H2. The Kier molecular flexibility index (Phi) is 2.13. The molecule has 2 unspecified atom stereocenters. The molecule has 2 aliphatic rings. The Labute approximate surface area is 64.9 Å². The first kappa shape index (κ1) is 6.91. The van der Waals surface area contributed by atoms with Crippen molar-refractivity contribution in [1.82, 2.24) is 10.6 Å². The highest BCUT2D eigenvalue weighted by Gasteiger charge is 2.28. The highest BCUT2D eigenvalue weighted by molar-refractivity contribution is 8.00. The summed E-state index contributed by atoms with van der Waals surface area (Å²) in [7, 11) is 0. The van der Waals surface area contributed by atoms with Crippen molar-refractivity contribution >= 4 is 11.8 Å². The van der Waals surface area contributed by atoms with Crippen molar-refractivity contribution < 1.29 is 4.74 Å². The first-order chi connectivity index (χ1) is 4.97. The van der Waals surface area contributed by atoms with Gasteiger partial charge in [0, 0.05) is 18.8 Å². The molecule has 3 nitrogen and oxygen atoms in total. The summed E-state index contributed by atoms with van der Waals surface area (Å²) in [5, 5.41) is 7.11. The van der Waals surface area contributed by atoms with Crippen molar-refractivity contribution in [2.45, 2.75) is 11.5 Å². The second-order valence-electron chi connectivity index (χ2n) is 2.55. The van der Waals surface area contributed by atoms with Gasteiger partial charge in [-0.3, -0.25) is 5.32 Å². The summed E-state index contributed by atoms with van der Waals surface area (Å²) >= 11 is 1.96. The molecule has 0 aromatic carbocycles. The van der Waals surface area contributed by atoms with E-state index in [0.717, 1.165) is 19.8 Å². The first-order valence-corrected chi connectivity index (χ1v) is 4.69. The Balaban J connectivity index is 1.85. The lowest BCUT2D eigenvalue weighted by atomic mass is 10.3. The summed E-state index contributed by atoms with van der Waals surface area (Å²) in [6.07, 6.45) is 0.396. The molecule has 0 amide bonds. The summed E-state index contributed by atoms with van der Waals surface area (Å²) in [5.74, 6) is 1.23. The molecule has 2 fully saturated rings. The first-order valence-electron chi connectivity index (χ1n) is 3.64. The second-order valence-corrected chi connectivity index (χ2v) is 3.80. The van der Waals surface area contributed by atoms with E-state index in [1.165, 1.54) is 5.75 Å². The zero-order valence-electron chi connectivity index (χ0n) is 5.80. The highest BCUT2D eigenvalue weighted by Crippen LogP contribution is 2.20. The van der Waals surface area contributed by atoms with Crippen LogP contribution in [0.3, 0.4) is 0 Å². The fourth-order valence-corrected chi connectivity index (χ4v) is 2.42. The van der Waals surface area contributed by atoms with Crippen molar-refractivity contribution in [1.29, 1.82) is 0 Å². The van der Waals surface area contributed by atoms with Gasteiger partial charge in [0.2, 0.25) is 0 Å². The minimum atomic E-state index is 0.396. The van der Waals surface area contributed by atoms with Crippen LogP contribution in [0.5, 0.6) is 0 Å². The van der Waals surface area contributed by atoms with Crippen LogP contribution < -0.4 is 10.6 Å². The molecule has 58 valence electrons. The van der Waals surface area contributed by atoms with Crippen molar-refractivity contribution in [2.75, 3.05) is 25.6 Å². The van der Waals surface area contributed by atoms with E-state index in [-0.39, 0.29) is 0 Å². The van der Waals surface area contributed by atoms with Crippen LogP contribution >= 0.6 is 11.8 Å². The van der Waals surface area contributed by atoms with Crippen LogP contribution in [-0.2, 0) is 4.74 Å². The summed E-state index contributed by atoms with van der Waals surface area (Å²) in [5.41, 5.74) is 0. The van der Waals surface area contributed by atoms with Crippen LogP contribution in [0.25, 0.3) is 0 Å². The van der Waals surface area contributed by atoms with E-state index in [1.54, 1.807) is 0 Å². The van der Waals surface area contributed by atoms with E-state index < -0.39 is 0 Å². The third-order valence-corrected chi connectivity index (χ3v) is 3.10. The molecule has 2 atom stereocenters. The lowest BCUT2D eigenvalue weighted by Gasteiger charge is -2.15. The third-order valence-electron chi connectivity index (χ3n) is 1.83. The topological polar surface area (TPSA) is 33.3 Å². The minimum absolute atomic E-state index is 0.396. The van der Waals surface area contributed by atoms with E-state index in [0.29, 0.717) is 11.5 Å². The molecular weight excluding hydrogens is 148 g/mol. The zero-order valence-corrected chi connectivity index (χ0v) is 6.62. The molecule has 2 saturated heterocycles. The van der Waals surface area contributed by atoms with Crippen molar-refractivity contribution in [3.63, 3.8) is 0 Å². The number of nitrogens with one attached hydrogen (secondary N) is 2.